The van der Waals surface area contributed by atoms with Crippen LogP contribution in [0.2, 0.25) is 0 Å². The van der Waals surface area contributed by atoms with Gasteiger partial charge in [-0.25, -0.2) is 0 Å². The van der Waals surface area contributed by atoms with E-state index in [1.54, 1.807) is 0 Å². The van der Waals surface area contributed by atoms with Crippen LogP contribution in [0, 0.1) is 0 Å². The molecule has 248 valence electrons. The lowest BCUT2D eigenvalue weighted by Crippen LogP contribution is -2.15. The molecule has 0 fully saturated rings. The number of carbonyl (C=O) groups is 2. The largest absolute Gasteiger partial charge is 0.493 e. The molecule has 0 heterocycles. The standard InChI is InChI=1S/C42H62O3/c1-32(2)16-10-17-33(3)18-11-19-34(4)20-12-21-35(5)22-13-23-36(6)24-14-25-37(7)26-15-27-38(8)28-29-39-30-40(43)31-41(45-9)42(39)44/h16,18,20,22,24,26,28,30-31H,10-15,17,19,21,23,25,27,29H2,1-9H3/b33-18+,34-20+,35-22+,36-24+,37-26+,38-28+. The lowest BCUT2D eigenvalue weighted by atomic mass is 9.97. The number of ketones is 2. The van der Waals surface area contributed by atoms with E-state index >= 15 is 0 Å². The number of rotatable bonds is 21. The Kier molecular flexibility index (Phi) is 20.5. The third-order valence-electron chi connectivity index (χ3n) is 8.24. The lowest BCUT2D eigenvalue weighted by Gasteiger charge is -2.11. The average Bonchev–Trinajstić information content (AvgIpc) is 2.97. The maximum atomic E-state index is 12.3. The summed E-state index contributed by atoms with van der Waals surface area (Å²) in [6.45, 7) is 17.7. The quantitative estimate of drug-likeness (QED) is 0.0954. The Morgan fingerprint density at radius 3 is 1.18 bits per heavy atom. The molecule has 0 radical (unpaired) electrons. The summed E-state index contributed by atoms with van der Waals surface area (Å²) in [4.78, 5) is 24.1. The van der Waals surface area contributed by atoms with E-state index in [2.05, 4.69) is 91.8 Å². The first-order valence-electron chi connectivity index (χ1n) is 17.0. The van der Waals surface area contributed by atoms with Crippen LogP contribution in [0.4, 0.5) is 0 Å². The molecule has 45 heavy (non-hydrogen) atoms. The van der Waals surface area contributed by atoms with Gasteiger partial charge in [0.05, 0.1) is 7.11 Å². The zero-order valence-electron chi connectivity index (χ0n) is 30.1. The van der Waals surface area contributed by atoms with E-state index in [9.17, 15) is 9.59 Å². The van der Waals surface area contributed by atoms with Crippen LogP contribution in [-0.2, 0) is 14.3 Å². The lowest BCUT2D eigenvalue weighted by molar-refractivity contribution is -0.117. The fourth-order valence-electron chi connectivity index (χ4n) is 5.15. The van der Waals surface area contributed by atoms with Crippen molar-refractivity contribution in [3.63, 3.8) is 0 Å². The molecule has 0 bridgehead atoms. The molecule has 0 atom stereocenters. The molecule has 1 aliphatic carbocycles. The van der Waals surface area contributed by atoms with Gasteiger partial charge in [0.2, 0.25) is 5.78 Å². The Morgan fingerprint density at radius 2 is 0.844 bits per heavy atom. The fraction of sp³-hybridized carbons (Fsp3) is 0.524. The van der Waals surface area contributed by atoms with Crippen molar-refractivity contribution < 1.29 is 14.3 Å². The van der Waals surface area contributed by atoms with Crippen molar-refractivity contribution in [2.75, 3.05) is 7.11 Å². The highest BCUT2D eigenvalue weighted by molar-refractivity contribution is 6.19. The molecule has 0 N–H and O–H groups in total. The van der Waals surface area contributed by atoms with Gasteiger partial charge in [0.15, 0.2) is 11.5 Å². The van der Waals surface area contributed by atoms with Gasteiger partial charge in [-0.05, 0) is 145 Å². The van der Waals surface area contributed by atoms with Gasteiger partial charge in [-0.1, -0.05) is 81.5 Å². The Bertz CT molecular complexity index is 1250. The van der Waals surface area contributed by atoms with E-state index in [4.69, 9.17) is 4.74 Å². The van der Waals surface area contributed by atoms with Crippen LogP contribution in [0.25, 0.3) is 0 Å². The Morgan fingerprint density at radius 1 is 0.511 bits per heavy atom. The molecular weight excluding hydrogens is 552 g/mol. The van der Waals surface area contributed by atoms with Crippen LogP contribution in [0.3, 0.4) is 0 Å². The van der Waals surface area contributed by atoms with Crippen molar-refractivity contribution in [1.82, 2.24) is 0 Å². The van der Waals surface area contributed by atoms with Crippen molar-refractivity contribution in [2.45, 2.75) is 139 Å². The van der Waals surface area contributed by atoms with Gasteiger partial charge in [0.25, 0.3) is 0 Å². The number of carbonyl (C=O) groups excluding carboxylic acids is 2. The third kappa shape index (κ3) is 19.7. The molecule has 0 amide bonds. The summed E-state index contributed by atoms with van der Waals surface area (Å²) in [6.07, 6.45) is 32.8. The average molecular weight is 615 g/mol. The summed E-state index contributed by atoms with van der Waals surface area (Å²) >= 11 is 0. The summed E-state index contributed by atoms with van der Waals surface area (Å²) < 4.78 is 5.03. The van der Waals surface area contributed by atoms with Gasteiger partial charge < -0.3 is 4.74 Å². The van der Waals surface area contributed by atoms with Crippen molar-refractivity contribution in [2.24, 2.45) is 0 Å². The molecule has 0 spiro atoms. The van der Waals surface area contributed by atoms with Crippen LogP contribution in [-0.4, -0.2) is 18.7 Å². The highest BCUT2D eigenvalue weighted by Crippen LogP contribution is 2.20. The Balaban J connectivity index is 2.29. The summed E-state index contributed by atoms with van der Waals surface area (Å²) in [7, 11) is 1.42. The molecular formula is C42H62O3. The molecule has 0 saturated carbocycles. The third-order valence-corrected chi connectivity index (χ3v) is 8.24. The molecule has 0 aromatic rings. The minimum atomic E-state index is -0.194. The van der Waals surface area contributed by atoms with E-state index in [1.165, 1.54) is 71.1 Å². The number of hydrogen-bond donors (Lipinski definition) is 0. The summed E-state index contributed by atoms with van der Waals surface area (Å²) in [5.41, 5.74) is 10.5. The molecule has 0 aliphatic heterocycles. The molecule has 3 heteroatoms. The second-order valence-electron chi connectivity index (χ2n) is 13.1. The smallest absolute Gasteiger partial charge is 0.224 e. The van der Waals surface area contributed by atoms with Gasteiger partial charge >= 0.3 is 0 Å². The number of allylic oxidation sites excluding steroid dienone is 17. The van der Waals surface area contributed by atoms with Crippen LogP contribution >= 0.6 is 0 Å². The zero-order chi connectivity index (χ0) is 33.6. The summed E-state index contributed by atoms with van der Waals surface area (Å²) in [5, 5.41) is 0. The zero-order valence-corrected chi connectivity index (χ0v) is 30.1. The van der Waals surface area contributed by atoms with Crippen LogP contribution in [0.5, 0.6) is 0 Å². The summed E-state index contributed by atoms with van der Waals surface area (Å²) in [6, 6.07) is 0. The predicted molar refractivity (Wildman–Crippen MR) is 195 cm³/mol. The Hall–Kier alpha value is -3.20. The Labute approximate surface area is 276 Å². The SMILES string of the molecule is COC1=CC(=O)C=C(C/C=C(\C)CC/C=C(\C)CC/C=C(\C)CC/C=C(\C)CC/C=C(\C)CC/C=C(\C)CCC=C(C)C)C1=O. The maximum Gasteiger partial charge on any atom is 0.224 e. The van der Waals surface area contributed by atoms with Crippen LogP contribution < -0.4 is 0 Å². The van der Waals surface area contributed by atoms with Crippen LogP contribution in [0.1, 0.15) is 139 Å². The maximum absolute atomic E-state index is 12.3. The van der Waals surface area contributed by atoms with E-state index in [0.717, 1.165) is 64.2 Å². The number of ether oxygens (including phenoxy) is 1. The first-order valence-corrected chi connectivity index (χ1v) is 17.0. The van der Waals surface area contributed by atoms with E-state index in [0.29, 0.717) is 12.0 Å². The predicted octanol–water partition coefficient (Wildman–Crippen LogP) is 12.3. The molecule has 0 unspecified atom stereocenters. The van der Waals surface area contributed by atoms with Gasteiger partial charge in [-0.3, -0.25) is 9.59 Å². The second-order valence-corrected chi connectivity index (χ2v) is 13.1. The molecule has 3 nitrogen and oxygen atoms in total. The minimum absolute atomic E-state index is 0.127. The summed E-state index contributed by atoms with van der Waals surface area (Å²) in [5.74, 6) is -0.255. The fourth-order valence-corrected chi connectivity index (χ4v) is 5.15. The van der Waals surface area contributed by atoms with Gasteiger partial charge in [0.1, 0.15) is 0 Å². The van der Waals surface area contributed by atoms with Crippen molar-refractivity contribution >= 4 is 11.6 Å². The number of hydrogen-bond acceptors (Lipinski definition) is 3. The normalized spacial score (nSPS) is 15.8. The van der Waals surface area contributed by atoms with Gasteiger partial charge in [-0.2, -0.15) is 0 Å². The van der Waals surface area contributed by atoms with Crippen molar-refractivity contribution in [3.8, 4) is 0 Å². The monoisotopic (exact) mass is 614 g/mol. The van der Waals surface area contributed by atoms with E-state index in [1.807, 2.05) is 6.08 Å². The van der Waals surface area contributed by atoms with Crippen molar-refractivity contribution in [1.29, 1.82) is 0 Å². The molecule has 0 aromatic heterocycles. The topological polar surface area (TPSA) is 43.4 Å². The van der Waals surface area contributed by atoms with Crippen LogP contribution in [0.15, 0.2) is 105 Å². The minimum Gasteiger partial charge on any atom is -0.493 e. The molecule has 1 aliphatic rings. The molecule has 0 aromatic carbocycles. The first kappa shape index (κ1) is 39.8. The molecule has 0 saturated heterocycles. The first-order chi connectivity index (χ1) is 21.4. The number of methoxy groups -OCH3 is 1. The van der Waals surface area contributed by atoms with Gasteiger partial charge in [-0.15, -0.1) is 0 Å². The van der Waals surface area contributed by atoms with Gasteiger partial charge in [0, 0.05) is 11.6 Å². The van der Waals surface area contributed by atoms with E-state index in [-0.39, 0.29) is 17.3 Å². The number of Topliss-reactive ketones (excluding diaryl/α,β-unsaturated/α-hetero) is 1. The molecule has 1 rings (SSSR count). The van der Waals surface area contributed by atoms with E-state index < -0.39 is 0 Å². The highest BCUT2D eigenvalue weighted by Gasteiger charge is 2.21. The van der Waals surface area contributed by atoms with Crippen molar-refractivity contribution in [3.05, 3.63) is 105 Å². The second kappa shape index (κ2) is 23.2. The highest BCUT2D eigenvalue weighted by atomic mass is 16.5.